The van der Waals surface area contributed by atoms with Crippen LogP contribution in [0.5, 0.6) is 5.75 Å². The molecule has 0 aromatic heterocycles. The van der Waals surface area contributed by atoms with Gasteiger partial charge in [-0.15, -0.1) is 0 Å². The van der Waals surface area contributed by atoms with Gasteiger partial charge in [0.1, 0.15) is 12.4 Å². The van der Waals surface area contributed by atoms with E-state index in [1.807, 2.05) is 42.5 Å². The van der Waals surface area contributed by atoms with E-state index in [-0.39, 0.29) is 5.56 Å². The second-order valence-electron chi connectivity index (χ2n) is 5.99. The number of halogens is 3. The number of nitrogens with one attached hydrogen (secondary N) is 1. The summed E-state index contributed by atoms with van der Waals surface area (Å²) in [5, 5.41) is 13.4. The van der Waals surface area contributed by atoms with E-state index in [1.54, 1.807) is 6.07 Å². The minimum absolute atomic E-state index is 0.163. The van der Waals surface area contributed by atoms with Gasteiger partial charge in [-0.05, 0) is 42.5 Å². The monoisotopic (exact) mass is 479 g/mol. The van der Waals surface area contributed by atoms with Gasteiger partial charge in [0.05, 0.1) is 16.3 Å². The molecular formula is C21H16BrCl2NO3. The highest BCUT2D eigenvalue weighted by atomic mass is 79.9. The molecule has 0 saturated heterocycles. The molecule has 0 radical (unpaired) electrons. The summed E-state index contributed by atoms with van der Waals surface area (Å²) in [6.45, 7) is 0.740. The van der Waals surface area contributed by atoms with Crippen molar-refractivity contribution in [2.75, 3.05) is 5.32 Å². The van der Waals surface area contributed by atoms with Crippen LogP contribution in [0.2, 0.25) is 10.0 Å². The lowest BCUT2D eigenvalue weighted by Gasteiger charge is -2.15. The summed E-state index contributed by atoms with van der Waals surface area (Å²) in [6.07, 6.45) is 0. The van der Waals surface area contributed by atoms with Gasteiger partial charge in [0.2, 0.25) is 0 Å². The molecule has 4 nitrogen and oxygen atoms in total. The van der Waals surface area contributed by atoms with Gasteiger partial charge in [-0.1, -0.05) is 57.3 Å². The molecule has 0 aliphatic carbocycles. The van der Waals surface area contributed by atoms with Crippen molar-refractivity contribution in [3.05, 3.63) is 91.9 Å². The van der Waals surface area contributed by atoms with Crippen molar-refractivity contribution in [3.8, 4) is 5.75 Å². The predicted molar refractivity (Wildman–Crippen MR) is 116 cm³/mol. The summed E-state index contributed by atoms with van der Waals surface area (Å²) in [6, 6.07) is 17.7. The summed E-state index contributed by atoms with van der Waals surface area (Å²) in [7, 11) is 0. The van der Waals surface area contributed by atoms with Gasteiger partial charge in [-0.25, -0.2) is 4.79 Å². The second-order valence-corrected chi connectivity index (χ2v) is 7.72. The van der Waals surface area contributed by atoms with Gasteiger partial charge in [0.15, 0.2) is 0 Å². The Bertz CT molecular complexity index is 1010. The number of aromatic carboxylic acids is 1. The molecule has 7 heteroatoms. The largest absolute Gasteiger partial charge is 0.488 e. The topological polar surface area (TPSA) is 58.6 Å². The lowest BCUT2D eigenvalue weighted by molar-refractivity contribution is 0.0697. The fourth-order valence-corrected chi connectivity index (χ4v) is 3.37. The van der Waals surface area contributed by atoms with E-state index in [0.29, 0.717) is 34.6 Å². The number of hydrogen-bond donors (Lipinski definition) is 2. The molecule has 144 valence electrons. The second kappa shape index (κ2) is 9.32. The van der Waals surface area contributed by atoms with E-state index in [9.17, 15) is 4.79 Å². The Morgan fingerprint density at radius 2 is 1.79 bits per heavy atom. The van der Waals surface area contributed by atoms with Crippen LogP contribution in [0.1, 0.15) is 21.5 Å². The quantitative estimate of drug-likeness (QED) is 0.397. The van der Waals surface area contributed by atoms with Crippen molar-refractivity contribution >= 4 is 50.8 Å². The van der Waals surface area contributed by atoms with Crippen LogP contribution in [0.3, 0.4) is 0 Å². The van der Waals surface area contributed by atoms with Crippen LogP contribution in [-0.2, 0) is 13.2 Å². The Morgan fingerprint density at radius 3 is 2.54 bits per heavy atom. The minimum Gasteiger partial charge on any atom is -0.488 e. The molecule has 0 unspecified atom stereocenters. The van der Waals surface area contributed by atoms with Crippen LogP contribution in [0.4, 0.5) is 5.69 Å². The standard InChI is InChI=1S/C21H16BrCl2NO3/c22-16-6-8-20(28-12-14-3-1-2-4-17(14)23)15(9-16)11-25-19-10-13(21(26)27)5-7-18(19)24/h1-10,25H,11-12H2,(H,26,27). The van der Waals surface area contributed by atoms with Crippen molar-refractivity contribution in [3.63, 3.8) is 0 Å². The fourth-order valence-electron chi connectivity index (χ4n) is 2.58. The van der Waals surface area contributed by atoms with Gasteiger partial charge in [-0.2, -0.15) is 0 Å². The molecule has 0 saturated carbocycles. The molecular weight excluding hydrogens is 465 g/mol. The van der Waals surface area contributed by atoms with E-state index in [1.165, 1.54) is 12.1 Å². The first kappa shape index (κ1) is 20.5. The van der Waals surface area contributed by atoms with E-state index < -0.39 is 5.97 Å². The van der Waals surface area contributed by atoms with E-state index in [4.69, 9.17) is 33.0 Å². The molecule has 28 heavy (non-hydrogen) atoms. The molecule has 0 aliphatic rings. The molecule has 2 N–H and O–H groups in total. The average Bonchev–Trinajstić information content (AvgIpc) is 2.67. The first-order valence-electron chi connectivity index (χ1n) is 8.35. The molecule has 3 aromatic carbocycles. The number of hydrogen-bond acceptors (Lipinski definition) is 3. The normalized spacial score (nSPS) is 10.5. The van der Waals surface area contributed by atoms with E-state index >= 15 is 0 Å². The predicted octanol–water partition coefficient (Wildman–Crippen LogP) is 6.65. The molecule has 0 aliphatic heterocycles. The number of anilines is 1. The Hall–Kier alpha value is -2.21. The zero-order valence-corrected chi connectivity index (χ0v) is 17.7. The van der Waals surface area contributed by atoms with Crippen LogP contribution >= 0.6 is 39.1 Å². The molecule has 3 rings (SSSR count). The van der Waals surface area contributed by atoms with Crippen LogP contribution in [0.25, 0.3) is 0 Å². The number of rotatable bonds is 7. The SMILES string of the molecule is O=C(O)c1ccc(Cl)c(NCc2cc(Br)ccc2OCc2ccccc2Cl)c1. The van der Waals surface area contributed by atoms with Crippen molar-refractivity contribution in [2.24, 2.45) is 0 Å². The number of carboxylic acid groups (broad SMARTS) is 1. The Balaban J connectivity index is 1.77. The average molecular weight is 481 g/mol. The van der Waals surface area contributed by atoms with E-state index in [0.717, 1.165) is 15.6 Å². The number of carbonyl (C=O) groups is 1. The summed E-state index contributed by atoms with van der Waals surface area (Å²) in [5.74, 6) is -0.313. The number of carboxylic acids is 1. The summed E-state index contributed by atoms with van der Waals surface area (Å²) >= 11 is 15.8. The molecule has 0 atom stereocenters. The molecule has 0 amide bonds. The lowest BCUT2D eigenvalue weighted by atomic mass is 10.1. The lowest BCUT2D eigenvalue weighted by Crippen LogP contribution is -2.05. The van der Waals surface area contributed by atoms with Crippen molar-refractivity contribution in [1.82, 2.24) is 0 Å². The zero-order valence-electron chi connectivity index (χ0n) is 14.6. The van der Waals surface area contributed by atoms with Crippen LogP contribution in [0, 0.1) is 0 Å². The Kier molecular flexibility index (Phi) is 6.83. The number of benzene rings is 3. The van der Waals surface area contributed by atoms with Gasteiger partial charge < -0.3 is 15.2 Å². The molecule has 0 bridgehead atoms. The third kappa shape index (κ3) is 5.19. The Morgan fingerprint density at radius 1 is 1.00 bits per heavy atom. The van der Waals surface area contributed by atoms with Crippen LogP contribution < -0.4 is 10.1 Å². The first-order chi connectivity index (χ1) is 13.4. The highest BCUT2D eigenvalue weighted by molar-refractivity contribution is 9.10. The maximum atomic E-state index is 11.2. The summed E-state index contributed by atoms with van der Waals surface area (Å²) in [4.78, 5) is 11.2. The van der Waals surface area contributed by atoms with Crippen LogP contribution in [-0.4, -0.2) is 11.1 Å². The van der Waals surface area contributed by atoms with Crippen molar-refractivity contribution in [1.29, 1.82) is 0 Å². The molecule has 0 spiro atoms. The minimum atomic E-state index is -1.01. The van der Waals surface area contributed by atoms with Crippen molar-refractivity contribution < 1.29 is 14.6 Å². The van der Waals surface area contributed by atoms with Gasteiger partial charge >= 0.3 is 5.97 Å². The van der Waals surface area contributed by atoms with Gasteiger partial charge in [-0.3, -0.25) is 0 Å². The number of ether oxygens (including phenoxy) is 1. The highest BCUT2D eigenvalue weighted by Gasteiger charge is 2.10. The smallest absolute Gasteiger partial charge is 0.335 e. The van der Waals surface area contributed by atoms with Crippen LogP contribution in [0.15, 0.2) is 65.1 Å². The first-order valence-corrected chi connectivity index (χ1v) is 9.90. The van der Waals surface area contributed by atoms with Gasteiger partial charge in [0, 0.05) is 27.2 Å². The maximum absolute atomic E-state index is 11.2. The summed E-state index contributed by atoms with van der Waals surface area (Å²) < 4.78 is 6.87. The summed E-state index contributed by atoms with van der Waals surface area (Å²) in [5.41, 5.74) is 2.48. The van der Waals surface area contributed by atoms with Crippen molar-refractivity contribution in [2.45, 2.75) is 13.2 Å². The highest BCUT2D eigenvalue weighted by Crippen LogP contribution is 2.28. The van der Waals surface area contributed by atoms with E-state index in [2.05, 4.69) is 21.2 Å². The third-order valence-electron chi connectivity index (χ3n) is 4.05. The molecule has 0 heterocycles. The molecule has 3 aromatic rings. The van der Waals surface area contributed by atoms with Gasteiger partial charge in [0.25, 0.3) is 0 Å². The molecule has 0 fully saturated rings. The Labute approximate surface area is 181 Å². The zero-order chi connectivity index (χ0) is 20.1. The maximum Gasteiger partial charge on any atom is 0.335 e. The fraction of sp³-hybridized carbons (Fsp3) is 0.0952. The third-order valence-corrected chi connectivity index (χ3v) is 5.24.